The molecule has 1 aliphatic carbocycles. The summed E-state index contributed by atoms with van der Waals surface area (Å²) in [5, 5.41) is 15.3. The van der Waals surface area contributed by atoms with Gasteiger partial charge in [0.05, 0.1) is 6.61 Å². The number of fused-ring (bicyclic) bond motifs is 4. The van der Waals surface area contributed by atoms with Gasteiger partial charge >= 0.3 is 23.8 Å². The van der Waals surface area contributed by atoms with Crippen LogP contribution in [0.5, 0.6) is 5.75 Å². The minimum atomic E-state index is -1.25. The number of aliphatic carboxylic acids is 1. The molecular formula is C41H44N6O9. The lowest BCUT2D eigenvalue weighted by Gasteiger charge is -2.21. The van der Waals surface area contributed by atoms with Gasteiger partial charge in [-0.2, -0.15) is 4.98 Å². The Kier molecular flexibility index (Phi) is 12.0. The van der Waals surface area contributed by atoms with Crippen molar-refractivity contribution in [2.75, 3.05) is 39.4 Å². The van der Waals surface area contributed by atoms with E-state index in [-0.39, 0.29) is 25.6 Å². The van der Waals surface area contributed by atoms with Gasteiger partial charge in [-0.05, 0) is 67.6 Å². The van der Waals surface area contributed by atoms with Gasteiger partial charge in [0.2, 0.25) is 5.91 Å². The number of carboxylic acids is 1. The zero-order chi connectivity index (χ0) is 39.8. The van der Waals surface area contributed by atoms with Crippen LogP contribution in [0.15, 0.2) is 89.9 Å². The number of carbonyl (C=O) groups excluding carboxylic acids is 3. The van der Waals surface area contributed by atoms with E-state index in [9.17, 15) is 29.1 Å². The summed E-state index contributed by atoms with van der Waals surface area (Å²) in [6.07, 6.45) is 0.851. The number of hydrogen-bond acceptors (Lipinski definition) is 9. The number of hydrogen-bond donors (Lipinski definition) is 4. The normalized spacial score (nSPS) is 12.1. The summed E-state index contributed by atoms with van der Waals surface area (Å²) in [4.78, 5) is 70.7. The zero-order valence-corrected chi connectivity index (χ0v) is 31.4. The Morgan fingerprint density at radius 2 is 1.61 bits per heavy atom. The van der Waals surface area contributed by atoms with Gasteiger partial charge in [0.1, 0.15) is 36.7 Å². The van der Waals surface area contributed by atoms with E-state index in [1.807, 2.05) is 66.7 Å². The van der Waals surface area contributed by atoms with Gasteiger partial charge < -0.3 is 39.8 Å². The summed E-state index contributed by atoms with van der Waals surface area (Å²) in [5.74, 6) is -1.43. The minimum absolute atomic E-state index is 0.0746. The van der Waals surface area contributed by atoms with Crippen LogP contribution in [0.2, 0.25) is 0 Å². The summed E-state index contributed by atoms with van der Waals surface area (Å²) in [7, 11) is 0. The molecule has 3 amide bonds. The summed E-state index contributed by atoms with van der Waals surface area (Å²) < 4.78 is 17.8. The molecule has 56 heavy (non-hydrogen) atoms. The number of carboxylic acid groups (broad SMARTS) is 1. The predicted molar refractivity (Wildman–Crippen MR) is 207 cm³/mol. The summed E-state index contributed by atoms with van der Waals surface area (Å²) >= 11 is 0. The molecular weight excluding hydrogens is 720 g/mol. The minimum Gasteiger partial charge on any atom is -0.494 e. The number of nitrogens with one attached hydrogen (secondary N) is 3. The quantitative estimate of drug-likeness (QED) is 0.104. The molecule has 292 valence electrons. The van der Waals surface area contributed by atoms with Crippen molar-refractivity contribution in [2.24, 2.45) is 0 Å². The first-order valence-corrected chi connectivity index (χ1v) is 18.2. The van der Waals surface area contributed by atoms with Gasteiger partial charge in [0.15, 0.2) is 0 Å². The Bertz CT molecular complexity index is 2250. The number of aromatic amines is 1. The molecule has 15 heteroatoms. The maximum absolute atomic E-state index is 13.3. The van der Waals surface area contributed by atoms with E-state index in [0.717, 1.165) is 37.3 Å². The average molecular weight is 765 g/mol. The molecule has 6 rings (SSSR count). The number of amides is 3. The van der Waals surface area contributed by atoms with Crippen LogP contribution in [-0.4, -0.2) is 93.6 Å². The van der Waals surface area contributed by atoms with E-state index in [1.165, 1.54) is 6.20 Å². The number of ether oxygens (including phenoxy) is 3. The Labute approximate surface area is 322 Å². The highest BCUT2D eigenvalue weighted by Crippen LogP contribution is 2.44. The van der Waals surface area contributed by atoms with E-state index in [2.05, 4.69) is 20.6 Å². The largest absolute Gasteiger partial charge is 0.494 e. The second-order valence-electron chi connectivity index (χ2n) is 14.3. The van der Waals surface area contributed by atoms with Crippen LogP contribution in [-0.2, 0) is 25.6 Å². The van der Waals surface area contributed by atoms with Crippen molar-refractivity contribution in [1.82, 2.24) is 30.1 Å². The maximum atomic E-state index is 13.3. The number of nitrogens with zero attached hydrogens (tertiary/aromatic N) is 3. The van der Waals surface area contributed by atoms with E-state index < -0.39 is 48.4 Å². The molecule has 4 N–H and O–H groups in total. The maximum Gasteiger partial charge on any atom is 0.407 e. The monoisotopic (exact) mass is 764 g/mol. The van der Waals surface area contributed by atoms with Gasteiger partial charge in [-0.3, -0.25) is 14.2 Å². The third kappa shape index (κ3) is 9.91. The van der Waals surface area contributed by atoms with Crippen LogP contribution in [0.1, 0.15) is 44.2 Å². The van der Waals surface area contributed by atoms with Gasteiger partial charge in [0, 0.05) is 48.4 Å². The number of rotatable bonds is 15. The smallest absolute Gasteiger partial charge is 0.407 e. The van der Waals surface area contributed by atoms with Crippen molar-refractivity contribution < 1.29 is 38.5 Å². The van der Waals surface area contributed by atoms with Crippen LogP contribution in [0.25, 0.3) is 33.4 Å². The third-order valence-corrected chi connectivity index (χ3v) is 8.96. The van der Waals surface area contributed by atoms with Crippen molar-refractivity contribution in [3.8, 4) is 28.1 Å². The number of aromatic nitrogens is 3. The third-order valence-electron chi connectivity index (χ3n) is 8.96. The van der Waals surface area contributed by atoms with Crippen LogP contribution in [0.4, 0.5) is 9.59 Å². The van der Waals surface area contributed by atoms with Crippen molar-refractivity contribution in [3.05, 3.63) is 107 Å². The fourth-order valence-corrected chi connectivity index (χ4v) is 6.47. The molecule has 2 aromatic heterocycles. The van der Waals surface area contributed by atoms with Crippen molar-refractivity contribution in [3.63, 3.8) is 0 Å². The van der Waals surface area contributed by atoms with E-state index in [4.69, 9.17) is 14.2 Å². The zero-order valence-electron chi connectivity index (χ0n) is 31.4. The number of H-pyrrole nitrogens is 1. The Hall–Kier alpha value is -6.64. The molecule has 0 aliphatic heterocycles. The number of benzene rings is 3. The van der Waals surface area contributed by atoms with Gasteiger partial charge in [-0.25, -0.2) is 14.4 Å². The summed E-state index contributed by atoms with van der Waals surface area (Å²) in [6, 6.07) is 25.0. The highest BCUT2D eigenvalue weighted by Gasteiger charge is 2.29. The standard InChI is InChI=1S/C41H44N6O9/c1-41(2,3)56-40(53)42-16-9-19-54-28-11-8-10-26(20-28)34-21-27-22-47(38(51)45-37(27)44-34)23-35(48)46(24-36(49)50)18-17-43-39(52)55-25-33-31-14-6-4-12-29(31)30-13-5-7-15-32(30)33/h4-8,10-15,20-22,33H,9,16-19,23-25H2,1-3H3,(H,42,53)(H,43,52)(H,49,50)(H,44,45,51). The lowest BCUT2D eigenvalue weighted by atomic mass is 9.98. The van der Waals surface area contributed by atoms with Gasteiger partial charge in [-0.1, -0.05) is 60.7 Å². The number of carbonyl (C=O) groups is 4. The lowest BCUT2D eigenvalue weighted by Crippen LogP contribution is -2.44. The van der Waals surface area contributed by atoms with Crippen molar-refractivity contribution in [2.45, 2.75) is 45.3 Å². The molecule has 0 radical (unpaired) electrons. The second kappa shape index (κ2) is 17.2. The Morgan fingerprint density at radius 3 is 2.30 bits per heavy atom. The summed E-state index contributed by atoms with van der Waals surface area (Å²) in [5.41, 5.74) is 4.77. The molecule has 0 atom stereocenters. The van der Waals surface area contributed by atoms with E-state index in [0.29, 0.717) is 42.0 Å². The molecule has 0 spiro atoms. The first-order valence-electron chi connectivity index (χ1n) is 18.2. The fourth-order valence-electron chi connectivity index (χ4n) is 6.47. The highest BCUT2D eigenvalue weighted by atomic mass is 16.6. The number of alkyl carbamates (subject to hydrolysis) is 2. The van der Waals surface area contributed by atoms with Crippen LogP contribution < -0.4 is 21.1 Å². The molecule has 0 saturated heterocycles. The lowest BCUT2D eigenvalue weighted by molar-refractivity contribution is -0.144. The Morgan fingerprint density at radius 1 is 0.911 bits per heavy atom. The average Bonchev–Trinajstić information content (AvgIpc) is 3.71. The first-order chi connectivity index (χ1) is 26.8. The predicted octanol–water partition coefficient (Wildman–Crippen LogP) is 5.14. The fraction of sp³-hybridized carbons (Fsp3) is 0.317. The van der Waals surface area contributed by atoms with E-state index >= 15 is 0 Å². The van der Waals surface area contributed by atoms with Crippen LogP contribution >= 0.6 is 0 Å². The van der Waals surface area contributed by atoms with Crippen LogP contribution in [0.3, 0.4) is 0 Å². The molecule has 3 aromatic carbocycles. The SMILES string of the molecule is CC(C)(C)OC(=O)NCCCOc1cccc(-c2cc3cn(CC(=O)N(CCNC(=O)OCC4c5ccccc5-c5ccccc54)CC(=O)O)c(=O)nc3[nH]2)c1. The highest BCUT2D eigenvalue weighted by molar-refractivity contribution is 5.84. The van der Waals surface area contributed by atoms with Crippen molar-refractivity contribution in [1.29, 1.82) is 0 Å². The Balaban J connectivity index is 1.02. The molecule has 5 aromatic rings. The topological polar surface area (TPSA) is 194 Å². The molecule has 0 fully saturated rings. The second-order valence-corrected chi connectivity index (χ2v) is 14.3. The molecule has 1 aliphatic rings. The van der Waals surface area contributed by atoms with Crippen molar-refractivity contribution >= 4 is 35.1 Å². The van der Waals surface area contributed by atoms with E-state index in [1.54, 1.807) is 32.9 Å². The molecule has 0 bridgehead atoms. The molecule has 0 unspecified atom stereocenters. The molecule has 2 heterocycles. The molecule has 0 saturated carbocycles. The summed E-state index contributed by atoms with van der Waals surface area (Å²) in [6.45, 7) is 4.91. The van der Waals surface area contributed by atoms with Gasteiger partial charge in [-0.15, -0.1) is 0 Å². The molecule has 15 nitrogen and oxygen atoms in total. The van der Waals surface area contributed by atoms with Crippen LogP contribution in [0, 0.1) is 0 Å². The van der Waals surface area contributed by atoms with Gasteiger partial charge in [0.25, 0.3) is 0 Å². The first kappa shape index (κ1) is 39.1.